The van der Waals surface area contributed by atoms with Crippen LogP contribution in [0.4, 0.5) is 4.39 Å². The SMILES string of the molecule is CCC(C#N)c1cc(F)ccc1Br. The van der Waals surface area contributed by atoms with Crippen LogP contribution in [0.25, 0.3) is 0 Å². The first kappa shape index (κ1) is 10.2. The highest BCUT2D eigenvalue weighted by molar-refractivity contribution is 9.10. The van der Waals surface area contributed by atoms with E-state index in [-0.39, 0.29) is 11.7 Å². The van der Waals surface area contributed by atoms with E-state index in [2.05, 4.69) is 22.0 Å². The predicted molar refractivity (Wildman–Crippen MR) is 52.7 cm³/mol. The van der Waals surface area contributed by atoms with Crippen molar-refractivity contribution in [3.8, 4) is 6.07 Å². The molecule has 0 heterocycles. The molecule has 68 valence electrons. The second-order valence-corrected chi connectivity index (χ2v) is 3.61. The van der Waals surface area contributed by atoms with Crippen LogP contribution in [-0.4, -0.2) is 0 Å². The summed E-state index contributed by atoms with van der Waals surface area (Å²) in [5.41, 5.74) is 0.727. The van der Waals surface area contributed by atoms with Crippen LogP contribution in [0.15, 0.2) is 22.7 Å². The van der Waals surface area contributed by atoms with Crippen molar-refractivity contribution in [2.24, 2.45) is 0 Å². The molecule has 0 bridgehead atoms. The number of nitriles is 1. The summed E-state index contributed by atoms with van der Waals surface area (Å²) in [5, 5.41) is 8.80. The number of benzene rings is 1. The van der Waals surface area contributed by atoms with E-state index in [1.165, 1.54) is 12.1 Å². The third kappa shape index (κ3) is 2.28. The smallest absolute Gasteiger partial charge is 0.123 e. The first-order chi connectivity index (χ1) is 6.19. The molecule has 0 aliphatic carbocycles. The second-order valence-electron chi connectivity index (χ2n) is 2.76. The van der Waals surface area contributed by atoms with Gasteiger partial charge in [0.2, 0.25) is 0 Å². The molecule has 0 radical (unpaired) electrons. The van der Waals surface area contributed by atoms with Gasteiger partial charge in [0.15, 0.2) is 0 Å². The summed E-state index contributed by atoms with van der Waals surface area (Å²) in [6, 6.07) is 6.55. The van der Waals surface area contributed by atoms with Crippen LogP contribution >= 0.6 is 15.9 Å². The van der Waals surface area contributed by atoms with Gasteiger partial charge in [0, 0.05) is 4.47 Å². The number of nitrogens with zero attached hydrogens (tertiary/aromatic N) is 1. The molecule has 13 heavy (non-hydrogen) atoms. The Hall–Kier alpha value is -0.880. The van der Waals surface area contributed by atoms with Gasteiger partial charge in [-0.25, -0.2) is 4.39 Å². The maximum Gasteiger partial charge on any atom is 0.123 e. The lowest BCUT2D eigenvalue weighted by molar-refractivity contribution is 0.622. The van der Waals surface area contributed by atoms with Gasteiger partial charge in [0.1, 0.15) is 5.82 Å². The highest BCUT2D eigenvalue weighted by Gasteiger charge is 2.12. The first-order valence-corrected chi connectivity index (χ1v) is 4.83. The number of hydrogen-bond acceptors (Lipinski definition) is 1. The van der Waals surface area contributed by atoms with Crippen molar-refractivity contribution in [1.29, 1.82) is 5.26 Å². The van der Waals surface area contributed by atoms with Gasteiger partial charge in [0.25, 0.3) is 0 Å². The topological polar surface area (TPSA) is 23.8 Å². The molecular formula is C10H9BrFN. The molecule has 0 fully saturated rings. The molecule has 0 N–H and O–H groups in total. The highest BCUT2D eigenvalue weighted by Crippen LogP contribution is 2.27. The van der Waals surface area contributed by atoms with Gasteiger partial charge in [-0.3, -0.25) is 0 Å². The summed E-state index contributed by atoms with van der Waals surface area (Å²) in [7, 11) is 0. The summed E-state index contributed by atoms with van der Waals surface area (Å²) < 4.78 is 13.6. The van der Waals surface area contributed by atoms with E-state index in [4.69, 9.17) is 5.26 Å². The Morgan fingerprint density at radius 2 is 2.31 bits per heavy atom. The van der Waals surface area contributed by atoms with Gasteiger partial charge in [-0.1, -0.05) is 22.9 Å². The molecule has 0 aliphatic heterocycles. The van der Waals surface area contributed by atoms with Gasteiger partial charge in [-0.15, -0.1) is 0 Å². The maximum atomic E-state index is 12.8. The summed E-state index contributed by atoms with van der Waals surface area (Å²) in [4.78, 5) is 0. The van der Waals surface area contributed by atoms with Gasteiger partial charge in [0.05, 0.1) is 12.0 Å². The minimum atomic E-state index is -0.299. The average Bonchev–Trinajstić information content (AvgIpc) is 2.13. The third-order valence-electron chi connectivity index (χ3n) is 1.90. The van der Waals surface area contributed by atoms with E-state index in [1.54, 1.807) is 6.07 Å². The van der Waals surface area contributed by atoms with Crippen molar-refractivity contribution < 1.29 is 4.39 Å². The monoisotopic (exact) mass is 241 g/mol. The second kappa shape index (κ2) is 4.38. The number of halogens is 2. The van der Waals surface area contributed by atoms with Gasteiger partial charge < -0.3 is 0 Å². The molecule has 3 heteroatoms. The van der Waals surface area contributed by atoms with Crippen molar-refractivity contribution >= 4 is 15.9 Å². The third-order valence-corrected chi connectivity index (χ3v) is 2.62. The van der Waals surface area contributed by atoms with Gasteiger partial charge >= 0.3 is 0 Å². The molecule has 1 aromatic carbocycles. The first-order valence-electron chi connectivity index (χ1n) is 4.03. The van der Waals surface area contributed by atoms with Crippen molar-refractivity contribution in [3.05, 3.63) is 34.1 Å². The average molecular weight is 242 g/mol. The summed E-state index contributed by atoms with van der Waals surface area (Å²) in [6.45, 7) is 1.91. The van der Waals surface area contributed by atoms with Crippen LogP contribution in [0.5, 0.6) is 0 Å². The zero-order valence-electron chi connectivity index (χ0n) is 7.22. The molecule has 0 spiro atoms. The Morgan fingerprint density at radius 3 is 2.85 bits per heavy atom. The zero-order valence-corrected chi connectivity index (χ0v) is 8.81. The molecular weight excluding hydrogens is 233 g/mol. The van der Waals surface area contributed by atoms with Crippen molar-refractivity contribution in [3.63, 3.8) is 0 Å². The Balaban J connectivity index is 3.13. The predicted octanol–water partition coefficient (Wildman–Crippen LogP) is 3.61. The fraction of sp³-hybridized carbons (Fsp3) is 0.300. The molecule has 0 saturated heterocycles. The van der Waals surface area contributed by atoms with E-state index in [1.807, 2.05) is 6.92 Å². The fourth-order valence-corrected chi connectivity index (χ4v) is 1.69. The molecule has 0 aromatic heterocycles. The van der Waals surface area contributed by atoms with Crippen LogP contribution in [-0.2, 0) is 0 Å². The lowest BCUT2D eigenvalue weighted by atomic mass is 9.98. The minimum absolute atomic E-state index is 0.231. The number of hydrogen-bond donors (Lipinski definition) is 0. The fourth-order valence-electron chi connectivity index (χ4n) is 1.16. The lowest BCUT2D eigenvalue weighted by Crippen LogP contribution is -1.95. The minimum Gasteiger partial charge on any atom is -0.207 e. The molecule has 1 unspecified atom stereocenters. The largest absolute Gasteiger partial charge is 0.207 e. The summed E-state index contributed by atoms with van der Waals surface area (Å²) >= 11 is 3.29. The molecule has 1 nitrogen and oxygen atoms in total. The van der Waals surface area contributed by atoms with Crippen LogP contribution in [0.3, 0.4) is 0 Å². The van der Waals surface area contributed by atoms with Crippen LogP contribution < -0.4 is 0 Å². The molecule has 1 aromatic rings. The van der Waals surface area contributed by atoms with E-state index >= 15 is 0 Å². The number of rotatable bonds is 2. The zero-order chi connectivity index (χ0) is 9.84. The van der Waals surface area contributed by atoms with Crippen molar-refractivity contribution in [1.82, 2.24) is 0 Å². The van der Waals surface area contributed by atoms with Crippen LogP contribution in [0, 0.1) is 17.1 Å². The van der Waals surface area contributed by atoms with E-state index in [0.29, 0.717) is 6.42 Å². The molecule has 1 atom stereocenters. The van der Waals surface area contributed by atoms with Gasteiger partial charge in [-0.2, -0.15) is 5.26 Å². The van der Waals surface area contributed by atoms with Crippen LogP contribution in [0.2, 0.25) is 0 Å². The van der Waals surface area contributed by atoms with Crippen molar-refractivity contribution in [2.75, 3.05) is 0 Å². The summed E-state index contributed by atoms with van der Waals surface area (Å²) in [6.07, 6.45) is 0.693. The highest BCUT2D eigenvalue weighted by atomic mass is 79.9. The van der Waals surface area contributed by atoms with Crippen molar-refractivity contribution in [2.45, 2.75) is 19.3 Å². The Kier molecular flexibility index (Phi) is 3.44. The Morgan fingerprint density at radius 1 is 1.62 bits per heavy atom. The Labute approximate surface area is 85.3 Å². The molecule has 0 saturated carbocycles. The van der Waals surface area contributed by atoms with E-state index in [0.717, 1.165) is 10.0 Å². The lowest BCUT2D eigenvalue weighted by Gasteiger charge is -2.08. The van der Waals surface area contributed by atoms with E-state index < -0.39 is 0 Å². The molecule has 0 aliphatic rings. The Bertz CT molecular complexity index is 343. The molecule has 0 amide bonds. The van der Waals surface area contributed by atoms with Crippen LogP contribution in [0.1, 0.15) is 24.8 Å². The maximum absolute atomic E-state index is 12.8. The normalized spacial score (nSPS) is 12.2. The molecule has 1 rings (SSSR count). The standard InChI is InChI=1S/C10H9BrFN/c1-2-7(6-13)9-5-8(12)3-4-10(9)11/h3-5,7H,2H2,1H3. The quantitative estimate of drug-likeness (QED) is 0.777. The van der Waals surface area contributed by atoms with E-state index in [9.17, 15) is 4.39 Å². The van der Waals surface area contributed by atoms with Gasteiger partial charge in [-0.05, 0) is 30.2 Å². The summed E-state index contributed by atoms with van der Waals surface area (Å²) in [5.74, 6) is -0.531.